The number of nitrogens with zero attached hydrogens (tertiary/aromatic N) is 1. The van der Waals surface area contributed by atoms with E-state index in [9.17, 15) is 4.79 Å². The molecule has 0 unspecified atom stereocenters. The maximum atomic E-state index is 10.3. The molecule has 3 nitrogen and oxygen atoms in total. The molecule has 0 aliphatic rings. The van der Waals surface area contributed by atoms with Gasteiger partial charge in [0.1, 0.15) is 15.8 Å². The van der Waals surface area contributed by atoms with Crippen molar-refractivity contribution >= 4 is 28.9 Å². The Balaban J connectivity index is 3.18. The number of hydrogen-bond acceptors (Lipinski definition) is 3. The number of thiophene rings is 1. The molecule has 0 amide bonds. The highest BCUT2D eigenvalue weighted by Crippen LogP contribution is 2.25. The highest BCUT2D eigenvalue weighted by Gasteiger charge is 2.11. The van der Waals surface area contributed by atoms with Gasteiger partial charge < -0.3 is 5.11 Å². The second-order valence-electron chi connectivity index (χ2n) is 1.70. The van der Waals surface area contributed by atoms with Crippen molar-refractivity contribution < 1.29 is 9.90 Å². The van der Waals surface area contributed by atoms with Gasteiger partial charge in [-0.1, -0.05) is 11.6 Å². The molecular weight excluding hydrogens is 186 g/mol. The lowest BCUT2D eigenvalue weighted by Gasteiger charge is -1.79. The Labute approximate surface area is 71.5 Å². The Bertz CT molecular complexity index is 339. The van der Waals surface area contributed by atoms with Gasteiger partial charge in [0, 0.05) is 0 Å². The predicted molar refractivity (Wildman–Crippen MR) is 41.0 cm³/mol. The molecule has 0 radical (unpaired) electrons. The molecule has 0 aliphatic heterocycles. The van der Waals surface area contributed by atoms with Crippen LogP contribution in [0.3, 0.4) is 0 Å². The number of carboxylic acid groups (broad SMARTS) is 1. The molecule has 0 atom stereocenters. The van der Waals surface area contributed by atoms with E-state index in [2.05, 4.69) is 0 Å². The van der Waals surface area contributed by atoms with E-state index in [-0.39, 0.29) is 14.8 Å². The lowest BCUT2D eigenvalue weighted by Crippen LogP contribution is -1.89. The predicted octanol–water partition coefficient (Wildman–Crippen LogP) is 1.97. The van der Waals surface area contributed by atoms with Gasteiger partial charge in [-0.25, -0.2) is 4.79 Å². The zero-order chi connectivity index (χ0) is 8.43. The average Bonchev–Trinajstić information content (AvgIpc) is 2.31. The summed E-state index contributed by atoms with van der Waals surface area (Å²) in [4.78, 5) is 10.7. The first kappa shape index (κ1) is 8.05. The van der Waals surface area contributed by atoms with Crippen LogP contribution in [0.5, 0.6) is 0 Å². The van der Waals surface area contributed by atoms with Gasteiger partial charge in [-0.2, -0.15) is 5.26 Å². The van der Waals surface area contributed by atoms with Gasteiger partial charge >= 0.3 is 5.97 Å². The van der Waals surface area contributed by atoms with Gasteiger partial charge in [-0.05, 0) is 6.07 Å². The Morgan fingerprint density at radius 2 is 2.45 bits per heavy atom. The average molecular weight is 188 g/mol. The number of nitriles is 1. The van der Waals surface area contributed by atoms with Crippen LogP contribution in [0.15, 0.2) is 6.07 Å². The van der Waals surface area contributed by atoms with Crippen LogP contribution in [0, 0.1) is 11.3 Å². The third kappa shape index (κ3) is 1.50. The summed E-state index contributed by atoms with van der Waals surface area (Å²) < 4.78 is 0. The van der Waals surface area contributed by atoms with Crippen LogP contribution in [0.25, 0.3) is 0 Å². The number of halogens is 1. The topological polar surface area (TPSA) is 61.1 Å². The van der Waals surface area contributed by atoms with E-state index in [1.165, 1.54) is 6.07 Å². The second kappa shape index (κ2) is 2.91. The molecule has 0 bridgehead atoms. The molecule has 0 saturated carbocycles. The number of hydrogen-bond donors (Lipinski definition) is 1. The third-order valence-electron chi connectivity index (χ3n) is 0.999. The van der Waals surface area contributed by atoms with Crippen molar-refractivity contribution in [3.05, 3.63) is 20.8 Å². The van der Waals surface area contributed by atoms with E-state index < -0.39 is 5.97 Å². The van der Waals surface area contributed by atoms with Crippen molar-refractivity contribution in [1.29, 1.82) is 5.26 Å². The fourth-order valence-electron chi connectivity index (χ4n) is 0.550. The summed E-state index contributed by atoms with van der Waals surface area (Å²) in [6, 6.07) is 3.06. The molecule has 0 fully saturated rings. The molecule has 5 heteroatoms. The monoisotopic (exact) mass is 187 g/mol. The first-order chi connectivity index (χ1) is 5.15. The van der Waals surface area contributed by atoms with E-state index in [1.54, 1.807) is 6.07 Å². The van der Waals surface area contributed by atoms with Gasteiger partial charge in [0.05, 0.1) is 5.02 Å². The molecule has 1 heterocycles. The van der Waals surface area contributed by atoms with Crippen LogP contribution < -0.4 is 0 Å². The van der Waals surface area contributed by atoms with Crippen LogP contribution in [-0.4, -0.2) is 11.1 Å². The van der Waals surface area contributed by atoms with E-state index in [4.69, 9.17) is 22.0 Å². The molecule has 11 heavy (non-hydrogen) atoms. The molecule has 0 saturated heterocycles. The molecule has 1 N–H and O–H groups in total. The lowest BCUT2D eigenvalue weighted by molar-refractivity contribution is 0.0702. The van der Waals surface area contributed by atoms with Crippen molar-refractivity contribution in [2.24, 2.45) is 0 Å². The minimum absolute atomic E-state index is 0.0894. The first-order valence-electron chi connectivity index (χ1n) is 2.58. The quantitative estimate of drug-likeness (QED) is 0.731. The van der Waals surface area contributed by atoms with Gasteiger partial charge in [-0.15, -0.1) is 11.3 Å². The summed E-state index contributed by atoms with van der Waals surface area (Å²) >= 11 is 6.39. The van der Waals surface area contributed by atoms with Gasteiger partial charge in [0.25, 0.3) is 0 Å². The third-order valence-corrected chi connectivity index (χ3v) is 2.44. The highest BCUT2D eigenvalue weighted by atomic mass is 35.5. The van der Waals surface area contributed by atoms with Gasteiger partial charge in [0.15, 0.2) is 0 Å². The maximum absolute atomic E-state index is 10.3. The molecule has 1 rings (SSSR count). The van der Waals surface area contributed by atoms with Crippen LogP contribution >= 0.6 is 22.9 Å². The van der Waals surface area contributed by atoms with Crippen molar-refractivity contribution in [2.45, 2.75) is 0 Å². The Hall–Kier alpha value is -1.05. The van der Waals surface area contributed by atoms with Gasteiger partial charge in [0.2, 0.25) is 0 Å². The summed E-state index contributed by atoms with van der Waals surface area (Å²) in [6.07, 6.45) is 0. The SMILES string of the molecule is N#Cc1sc(C(=O)O)cc1Cl. The zero-order valence-electron chi connectivity index (χ0n) is 5.17. The fraction of sp³-hybridized carbons (Fsp3) is 0. The zero-order valence-corrected chi connectivity index (χ0v) is 6.74. The van der Waals surface area contributed by atoms with Crippen LogP contribution in [0.2, 0.25) is 5.02 Å². The molecule has 0 spiro atoms. The van der Waals surface area contributed by atoms with E-state index >= 15 is 0 Å². The normalized spacial score (nSPS) is 9.09. The summed E-state index contributed by atoms with van der Waals surface area (Å²) in [6.45, 7) is 0. The van der Waals surface area contributed by atoms with Gasteiger partial charge in [-0.3, -0.25) is 0 Å². The van der Waals surface area contributed by atoms with E-state index in [1.807, 2.05) is 0 Å². The lowest BCUT2D eigenvalue weighted by atomic mass is 10.4. The maximum Gasteiger partial charge on any atom is 0.345 e. The van der Waals surface area contributed by atoms with E-state index in [0.29, 0.717) is 0 Å². The molecule has 1 aromatic heterocycles. The largest absolute Gasteiger partial charge is 0.477 e. The Kier molecular flexibility index (Phi) is 2.13. The van der Waals surface area contributed by atoms with Crippen LogP contribution in [0.4, 0.5) is 0 Å². The summed E-state index contributed by atoms with van der Waals surface area (Å²) in [7, 11) is 0. The smallest absolute Gasteiger partial charge is 0.345 e. The number of carbonyl (C=O) groups is 1. The minimum Gasteiger partial charge on any atom is -0.477 e. The Morgan fingerprint density at radius 1 is 1.82 bits per heavy atom. The Morgan fingerprint density at radius 3 is 2.73 bits per heavy atom. The molecule has 1 aromatic rings. The summed E-state index contributed by atoms with van der Waals surface area (Å²) in [5, 5.41) is 17.1. The van der Waals surface area contributed by atoms with Crippen molar-refractivity contribution in [2.75, 3.05) is 0 Å². The highest BCUT2D eigenvalue weighted by molar-refractivity contribution is 7.15. The van der Waals surface area contributed by atoms with Crippen LogP contribution in [-0.2, 0) is 0 Å². The van der Waals surface area contributed by atoms with E-state index in [0.717, 1.165) is 11.3 Å². The van der Waals surface area contributed by atoms with Crippen molar-refractivity contribution in [3.8, 4) is 6.07 Å². The fourth-order valence-corrected chi connectivity index (χ4v) is 1.57. The molecular formula is C6H2ClNO2S. The van der Waals surface area contributed by atoms with Crippen LogP contribution in [0.1, 0.15) is 14.5 Å². The molecule has 0 aliphatic carbocycles. The molecule has 56 valence electrons. The summed E-state index contributed by atoms with van der Waals surface area (Å²) in [5.41, 5.74) is 0. The second-order valence-corrected chi connectivity index (χ2v) is 3.16. The number of carboxylic acids is 1. The standard InChI is InChI=1S/C6H2ClNO2S/c7-3-1-4(6(9)10)11-5(3)2-8/h1H,(H,9,10). The van der Waals surface area contributed by atoms with Crippen molar-refractivity contribution in [1.82, 2.24) is 0 Å². The minimum atomic E-state index is -1.06. The summed E-state index contributed by atoms with van der Waals surface area (Å²) in [5.74, 6) is -1.06. The van der Waals surface area contributed by atoms with Crippen molar-refractivity contribution in [3.63, 3.8) is 0 Å². The number of aromatic carboxylic acids is 1. The molecule has 0 aromatic carbocycles. The number of rotatable bonds is 1. The first-order valence-corrected chi connectivity index (χ1v) is 3.77.